The first-order valence-electron chi connectivity index (χ1n) is 12.6. The summed E-state index contributed by atoms with van der Waals surface area (Å²) in [7, 11) is 0. The molecule has 5 heteroatoms. The smallest absolute Gasteiger partial charge is 0.224 e. The number of fused-ring (bicyclic) bond motifs is 1. The van der Waals surface area contributed by atoms with Crippen LogP contribution in [-0.4, -0.2) is 37.0 Å². The van der Waals surface area contributed by atoms with Crippen LogP contribution in [0.1, 0.15) is 64.4 Å². The fourth-order valence-corrected chi connectivity index (χ4v) is 5.86. The molecule has 2 aromatic carbocycles. The molecule has 1 N–H and O–H groups in total. The number of hydrogen-bond donors (Lipinski definition) is 1. The first-order valence-corrected chi connectivity index (χ1v) is 13.5. The molecule has 0 saturated carbocycles. The van der Waals surface area contributed by atoms with E-state index in [2.05, 4.69) is 48.5 Å². The molecule has 3 aromatic rings. The molecule has 0 radical (unpaired) electrons. The average Bonchev–Trinajstić information content (AvgIpc) is 3.22. The number of likely N-dealkylation sites (tertiary alicyclic amines) is 1. The summed E-state index contributed by atoms with van der Waals surface area (Å²) in [6.07, 6.45) is 4.62. The maximum absolute atomic E-state index is 12.5. The molecule has 1 amide bonds. The van der Waals surface area contributed by atoms with E-state index in [1.807, 2.05) is 47.7 Å². The van der Waals surface area contributed by atoms with E-state index >= 15 is 0 Å². The Morgan fingerprint density at radius 3 is 2.59 bits per heavy atom. The molecule has 0 atom stereocenters. The van der Waals surface area contributed by atoms with Crippen LogP contribution in [0.25, 0.3) is 10.1 Å². The molecule has 1 aromatic heterocycles. The Labute approximate surface area is 208 Å². The van der Waals surface area contributed by atoms with Crippen molar-refractivity contribution in [1.29, 1.82) is 0 Å². The maximum Gasteiger partial charge on any atom is 0.224 e. The maximum atomic E-state index is 12.5. The van der Waals surface area contributed by atoms with Gasteiger partial charge in [0.2, 0.25) is 5.91 Å². The molecule has 0 aliphatic carbocycles. The Morgan fingerprint density at radius 2 is 1.85 bits per heavy atom. The number of hydrogen-bond acceptors (Lipinski definition) is 4. The topological polar surface area (TPSA) is 41.6 Å². The quantitative estimate of drug-likeness (QED) is 0.328. The third-order valence-corrected chi connectivity index (χ3v) is 7.40. The molecule has 1 aliphatic heterocycles. The zero-order valence-electron chi connectivity index (χ0n) is 20.8. The van der Waals surface area contributed by atoms with E-state index in [-0.39, 0.29) is 5.91 Å². The van der Waals surface area contributed by atoms with Crippen molar-refractivity contribution in [2.75, 3.05) is 31.6 Å². The third-order valence-electron chi connectivity index (χ3n) is 6.42. The lowest BCUT2D eigenvalue weighted by Gasteiger charge is -2.36. The number of rotatable bonds is 9. The van der Waals surface area contributed by atoms with Gasteiger partial charge in [-0.2, -0.15) is 0 Å². The van der Waals surface area contributed by atoms with E-state index in [0.717, 1.165) is 24.3 Å². The van der Waals surface area contributed by atoms with Crippen molar-refractivity contribution >= 4 is 33.0 Å². The van der Waals surface area contributed by atoms with Gasteiger partial charge in [-0.25, -0.2) is 0 Å². The predicted octanol–water partition coefficient (Wildman–Crippen LogP) is 7.31. The third kappa shape index (κ3) is 7.07. The van der Waals surface area contributed by atoms with Crippen LogP contribution in [0, 0.1) is 5.41 Å². The van der Waals surface area contributed by atoms with Crippen LogP contribution >= 0.6 is 11.3 Å². The Hall–Kier alpha value is -2.37. The Kier molecular flexibility index (Phi) is 8.28. The van der Waals surface area contributed by atoms with Crippen molar-refractivity contribution in [2.45, 2.75) is 58.8 Å². The number of carbonyl (C=O) groups excluding carboxylic acids is 1. The summed E-state index contributed by atoms with van der Waals surface area (Å²) in [5.41, 5.74) is 2.72. The Balaban J connectivity index is 1.27. The van der Waals surface area contributed by atoms with Crippen molar-refractivity contribution in [2.24, 2.45) is 5.41 Å². The second-order valence-corrected chi connectivity index (χ2v) is 11.6. The van der Waals surface area contributed by atoms with Gasteiger partial charge in [0.05, 0.1) is 6.61 Å². The number of thiophene rings is 1. The summed E-state index contributed by atoms with van der Waals surface area (Å²) in [6.45, 7) is 11.1. The second-order valence-electron chi connectivity index (χ2n) is 10.7. The van der Waals surface area contributed by atoms with Crippen molar-refractivity contribution in [1.82, 2.24) is 4.90 Å². The molecule has 0 unspecified atom stereocenters. The fraction of sp³-hybridized carbons (Fsp3) is 0.483. The van der Waals surface area contributed by atoms with Gasteiger partial charge in [-0.1, -0.05) is 39.0 Å². The number of amides is 1. The van der Waals surface area contributed by atoms with E-state index in [0.29, 0.717) is 24.4 Å². The van der Waals surface area contributed by atoms with Gasteiger partial charge in [-0.3, -0.25) is 4.79 Å². The highest BCUT2D eigenvalue weighted by atomic mass is 32.1. The molecule has 182 valence electrons. The van der Waals surface area contributed by atoms with Crippen LogP contribution in [-0.2, 0) is 4.79 Å². The summed E-state index contributed by atoms with van der Waals surface area (Å²) in [5, 5.41) is 6.77. The lowest BCUT2D eigenvalue weighted by atomic mass is 9.87. The first-order chi connectivity index (χ1) is 16.4. The lowest BCUT2D eigenvalue weighted by Crippen LogP contribution is -2.38. The molecule has 1 saturated heterocycles. The van der Waals surface area contributed by atoms with Crippen molar-refractivity contribution in [3.05, 3.63) is 59.5 Å². The van der Waals surface area contributed by atoms with E-state index in [1.165, 1.54) is 48.1 Å². The van der Waals surface area contributed by atoms with Crippen LogP contribution in [0.3, 0.4) is 0 Å². The number of nitrogens with zero attached hydrogens (tertiary/aromatic N) is 1. The van der Waals surface area contributed by atoms with Gasteiger partial charge in [0.25, 0.3) is 0 Å². The van der Waals surface area contributed by atoms with Crippen LogP contribution < -0.4 is 10.1 Å². The average molecular weight is 479 g/mol. The van der Waals surface area contributed by atoms with Gasteiger partial charge in [0.15, 0.2) is 0 Å². The van der Waals surface area contributed by atoms with E-state index in [9.17, 15) is 4.79 Å². The number of ether oxygens (including phenoxy) is 1. The molecular formula is C29H38N2O2S. The van der Waals surface area contributed by atoms with Crippen molar-refractivity contribution in [3.63, 3.8) is 0 Å². The molecule has 34 heavy (non-hydrogen) atoms. The number of piperidine rings is 1. The standard InChI is InChI=1S/C29H38N2O2S/c1-29(2,3)21-31-16-14-22(15-17-31)26-20-34-27-13-12-23(19-25(26)27)30-28(32)11-7-8-18-33-24-9-5-4-6-10-24/h4-6,9-10,12-13,19-20,22H,7-8,11,14-18,21H2,1-3H3,(H,30,32). The minimum Gasteiger partial charge on any atom is -0.494 e. The van der Waals surface area contributed by atoms with Gasteiger partial charge >= 0.3 is 0 Å². The predicted molar refractivity (Wildman–Crippen MR) is 144 cm³/mol. The van der Waals surface area contributed by atoms with E-state index < -0.39 is 0 Å². The minimum absolute atomic E-state index is 0.0753. The van der Waals surface area contributed by atoms with Crippen molar-refractivity contribution in [3.8, 4) is 5.75 Å². The molecule has 1 fully saturated rings. The second kappa shape index (κ2) is 11.4. The van der Waals surface area contributed by atoms with E-state index in [4.69, 9.17) is 4.74 Å². The normalized spacial score (nSPS) is 15.5. The van der Waals surface area contributed by atoms with Crippen LogP contribution in [0.2, 0.25) is 0 Å². The number of anilines is 1. The number of para-hydroxylation sites is 1. The SMILES string of the molecule is CC(C)(C)CN1CCC(c2csc3ccc(NC(=O)CCCCOc4ccccc4)cc23)CC1. The molecule has 0 spiro atoms. The Morgan fingerprint density at radius 1 is 1.09 bits per heavy atom. The summed E-state index contributed by atoms with van der Waals surface area (Å²) >= 11 is 1.82. The Bertz CT molecular complexity index is 1060. The molecule has 2 heterocycles. The van der Waals surface area contributed by atoms with Crippen LogP contribution in [0.4, 0.5) is 5.69 Å². The molecule has 4 rings (SSSR count). The fourth-order valence-electron chi connectivity index (χ4n) is 4.83. The first kappa shape index (κ1) is 24.7. The number of unbranched alkanes of at least 4 members (excludes halogenated alkanes) is 1. The highest BCUT2D eigenvalue weighted by Gasteiger charge is 2.25. The zero-order chi connectivity index (χ0) is 24.0. The number of carbonyl (C=O) groups is 1. The summed E-state index contributed by atoms with van der Waals surface area (Å²) in [4.78, 5) is 15.1. The van der Waals surface area contributed by atoms with Gasteiger partial charge < -0.3 is 15.0 Å². The molecular weight excluding hydrogens is 440 g/mol. The summed E-state index contributed by atoms with van der Waals surface area (Å²) < 4.78 is 7.02. The highest BCUT2D eigenvalue weighted by molar-refractivity contribution is 7.17. The van der Waals surface area contributed by atoms with E-state index in [1.54, 1.807) is 0 Å². The molecule has 1 aliphatic rings. The molecule has 4 nitrogen and oxygen atoms in total. The minimum atomic E-state index is 0.0753. The summed E-state index contributed by atoms with van der Waals surface area (Å²) in [6, 6.07) is 16.2. The van der Waals surface area contributed by atoms with Crippen LogP contribution in [0.15, 0.2) is 53.9 Å². The van der Waals surface area contributed by atoms with Crippen LogP contribution in [0.5, 0.6) is 5.75 Å². The number of nitrogens with one attached hydrogen (secondary N) is 1. The van der Waals surface area contributed by atoms with Gasteiger partial charge in [0, 0.05) is 23.4 Å². The highest BCUT2D eigenvalue weighted by Crippen LogP contribution is 2.38. The molecule has 0 bridgehead atoms. The monoisotopic (exact) mass is 478 g/mol. The zero-order valence-corrected chi connectivity index (χ0v) is 21.6. The van der Waals surface area contributed by atoms with Gasteiger partial charge in [-0.15, -0.1) is 11.3 Å². The van der Waals surface area contributed by atoms with Crippen molar-refractivity contribution < 1.29 is 9.53 Å². The lowest BCUT2D eigenvalue weighted by molar-refractivity contribution is -0.116. The largest absolute Gasteiger partial charge is 0.494 e. The van der Waals surface area contributed by atoms with Gasteiger partial charge in [0.1, 0.15) is 5.75 Å². The number of benzene rings is 2. The van der Waals surface area contributed by atoms with Gasteiger partial charge in [-0.05, 0) is 96.8 Å². The summed E-state index contributed by atoms with van der Waals surface area (Å²) in [5.74, 6) is 1.57.